The molecule has 27 heavy (non-hydrogen) atoms. The highest BCUT2D eigenvalue weighted by Gasteiger charge is 2.43. The molecule has 3 heterocycles. The lowest BCUT2D eigenvalue weighted by molar-refractivity contribution is -0.286. The van der Waals surface area contributed by atoms with Gasteiger partial charge in [-0.05, 0) is 32.0 Å². The summed E-state index contributed by atoms with van der Waals surface area (Å²) >= 11 is 1.19. The van der Waals surface area contributed by atoms with Gasteiger partial charge in [-0.25, -0.2) is 4.98 Å². The fraction of sp³-hybridized carbons (Fsp3) is 0.250. The van der Waals surface area contributed by atoms with Gasteiger partial charge in [-0.2, -0.15) is 0 Å². The fourth-order valence-corrected chi connectivity index (χ4v) is 3.43. The lowest BCUT2D eigenvalue weighted by atomic mass is 10.3. The van der Waals surface area contributed by atoms with Crippen LogP contribution >= 0.6 is 11.8 Å². The van der Waals surface area contributed by atoms with E-state index in [1.165, 1.54) is 30.0 Å². The number of rotatable bonds is 4. The van der Waals surface area contributed by atoms with Gasteiger partial charge in [0.1, 0.15) is 0 Å². The van der Waals surface area contributed by atoms with Crippen molar-refractivity contribution in [1.82, 2.24) is 19.6 Å². The molecular formula is C16H13F2N5O3S. The van der Waals surface area contributed by atoms with Crippen molar-refractivity contribution < 1.29 is 23.0 Å². The third-order valence-corrected chi connectivity index (χ3v) is 4.61. The smallest absolute Gasteiger partial charge is 0.395 e. The van der Waals surface area contributed by atoms with Crippen molar-refractivity contribution in [2.45, 2.75) is 25.3 Å². The van der Waals surface area contributed by atoms with E-state index in [1.54, 1.807) is 4.40 Å². The van der Waals surface area contributed by atoms with Crippen molar-refractivity contribution in [2.24, 2.45) is 0 Å². The second-order valence-corrected chi connectivity index (χ2v) is 6.77. The molecule has 1 aromatic carbocycles. The number of amides is 1. The third-order valence-electron chi connectivity index (χ3n) is 3.68. The monoisotopic (exact) mass is 393 g/mol. The standard InChI is InChI=1S/C16H13F2N5O3S/c1-8-5-9(2)23-14(19-8)21-22-15(23)27-7-13(24)20-10-3-4-11-12(6-10)26-16(17,18)25-11/h3-6H,7H2,1-2H3,(H,20,24). The number of nitrogens with zero attached hydrogens (tertiary/aromatic N) is 4. The van der Waals surface area contributed by atoms with Gasteiger partial charge in [-0.3, -0.25) is 9.20 Å². The van der Waals surface area contributed by atoms with Crippen molar-refractivity contribution in [2.75, 3.05) is 11.1 Å². The van der Waals surface area contributed by atoms with E-state index in [1.807, 2.05) is 19.9 Å². The van der Waals surface area contributed by atoms with Crippen LogP contribution in [-0.2, 0) is 4.79 Å². The molecule has 0 radical (unpaired) electrons. The molecule has 1 aliphatic rings. The van der Waals surface area contributed by atoms with Gasteiger partial charge in [-0.1, -0.05) is 11.8 Å². The molecule has 0 saturated carbocycles. The maximum atomic E-state index is 13.0. The van der Waals surface area contributed by atoms with Gasteiger partial charge >= 0.3 is 6.29 Å². The Morgan fingerprint density at radius 1 is 1.22 bits per heavy atom. The number of carbonyl (C=O) groups is 1. The Labute approximate surface area is 155 Å². The van der Waals surface area contributed by atoms with Gasteiger partial charge in [-0.15, -0.1) is 19.0 Å². The second kappa shape index (κ2) is 6.34. The van der Waals surface area contributed by atoms with E-state index in [0.29, 0.717) is 16.6 Å². The van der Waals surface area contributed by atoms with Gasteiger partial charge in [0.15, 0.2) is 16.7 Å². The van der Waals surface area contributed by atoms with Crippen LogP contribution in [0, 0.1) is 13.8 Å². The fourth-order valence-electron chi connectivity index (χ4n) is 2.65. The van der Waals surface area contributed by atoms with E-state index < -0.39 is 6.29 Å². The number of nitrogens with one attached hydrogen (secondary N) is 1. The van der Waals surface area contributed by atoms with E-state index in [-0.39, 0.29) is 23.2 Å². The summed E-state index contributed by atoms with van der Waals surface area (Å²) in [7, 11) is 0. The predicted molar refractivity (Wildman–Crippen MR) is 92.3 cm³/mol. The summed E-state index contributed by atoms with van der Waals surface area (Å²) in [6, 6.07) is 5.93. The summed E-state index contributed by atoms with van der Waals surface area (Å²) in [6.07, 6.45) is -3.69. The van der Waals surface area contributed by atoms with Gasteiger partial charge in [0.2, 0.25) is 5.91 Å². The molecule has 0 unspecified atom stereocenters. The molecule has 0 saturated heterocycles. The van der Waals surface area contributed by atoms with Crippen LogP contribution < -0.4 is 14.8 Å². The first-order valence-corrected chi connectivity index (χ1v) is 8.81. The maximum Gasteiger partial charge on any atom is 0.586 e. The van der Waals surface area contributed by atoms with E-state index in [4.69, 9.17) is 0 Å². The second-order valence-electron chi connectivity index (χ2n) is 5.82. The normalized spacial score (nSPS) is 14.5. The van der Waals surface area contributed by atoms with Crippen LogP contribution in [0.3, 0.4) is 0 Å². The van der Waals surface area contributed by atoms with Gasteiger partial charge in [0, 0.05) is 23.1 Å². The van der Waals surface area contributed by atoms with E-state index in [2.05, 4.69) is 30.0 Å². The predicted octanol–water partition coefficient (Wildman–Crippen LogP) is 2.79. The van der Waals surface area contributed by atoms with Crippen molar-refractivity contribution in [3.8, 4) is 11.5 Å². The highest BCUT2D eigenvalue weighted by molar-refractivity contribution is 7.99. The molecule has 1 aliphatic heterocycles. The number of thioether (sulfide) groups is 1. The van der Waals surface area contributed by atoms with Gasteiger partial charge < -0.3 is 14.8 Å². The third kappa shape index (κ3) is 3.50. The van der Waals surface area contributed by atoms with Gasteiger partial charge in [0.25, 0.3) is 5.78 Å². The number of anilines is 1. The van der Waals surface area contributed by atoms with Crippen LogP contribution in [0.1, 0.15) is 11.4 Å². The average Bonchev–Trinajstić information content (AvgIpc) is 3.11. The number of ether oxygens (including phenoxy) is 2. The summed E-state index contributed by atoms with van der Waals surface area (Å²) in [6.45, 7) is 3.76. The van der Waals surface area contributed by atoms with Crippen molar-refractivity contribution in [3.05, 3.63) is 35.7 Å². The van der Waals surface area contributed by atoms with Crippen molar-refractivity contribution in [3.63, 3.8) is 0 Å². The molecule has 11 heteroatoms. The Hall–Kier alpha value is -2.95. The first-order valence-electron chi connectivity index (χ1n) is 7.83. The lowest BCUT2D eigenvalue weighted by Gasteiger charge is -2.06. The van der Waals surface area contributed by atoms with Crippen LogP contribution in [0.25, 0.3) is 5.78 Å². The molecule has 1 N–H and O–H groups in total. The minimum absolute atomic E-state index is 0.0543. The molecule has 0 atom stereocenters. The Bertz CT molecular complexity index is 1060. The Morgan fingerprint density at radius 2 is 2.00 bits per heavy atom. The van der Waals surface area contributed by atoms with Gasteiger partial charge in [0.05, 0.1) is 5.75 Å². The van der Waals surface area contributed by atoms with Crippen LogP contribution in [-0.4, -0.2) is 37.5 Å². The molecule has 2 aromatic heterocycles. The number of alkyl halides is 2. The molecular weight excluding hydrogens is 380 g/mol. The topological polar surface area (TPSA) is 90.6 Å². The SMILES string of the molecule is Cc1cc(C)n2c(SCC(=O)Nc3ccc4c(c3)OC(F)(F)O4)nnc2n1. The highest BCUT2D eigenvalue weighted by Crippen LogP contribution is 2.42. The zero-order valence-electron chi connectivity index (χ0n) is 14.2. The Balaban J connectivity index is 1.43. The number of hydrogen-bond acceptors (Lipinski definition) is 7. The number of hydrogen-bond donors (Lipinski definition) is 1. The summed E-state index contributed by atoms with van der Waals surface area (Å²) in [4.78, 5) is 16.5. The minimum atomic E-state index is -3.69. The largest absolute Gasteiger partial charge is 0.586 e. The van der Waals surface area contributed by atoms with Crippen LogP contribution in [0.15, 0.2) is 29.4 Å². The molecule has 0 spiro atoms. The summed E-state index contributed by atoms with van der Waals surface area (Å²) in [5.74, 6) is -0.0302. The number of halogens is 2. The molecule has 1 amide bonds. The average molecular weight is 393 g/mol. The Kier molecular flexibility index (Phi) is 4.10. The summed E-state index contributed by atoms with van der Waals surface area (Å²) < 4.78 is 36.5. The molecule has 4 rings (SSSR count). The maximum absolute atomic E-state index is 13.0. The van der Waals surface area contributed by atoms with Crippen LogP contribution in [0.5, 0.6) is 11.5 Å². The van der Waals surface area contributed by atoms with E-state index in [0.717, 1.165) is 11.4 Å². The first-order chi connectivity index (χ1) is 12.8. The number of aryl methyl sites for hydroxylation is 2. The number of aromatic nitrogens is 4. The lowest BCUT2D eigenvalue weighted by Crippen LogP contribution is -2.25. The molecule has 0 aliphatic carbocycles. The first kappa shape index (κ1) is 17.5. The molecule has 0 bridgehead atoms. The zero-order valence-corrected chi connectivity index (χ0v) is 15.0. The molecule has 8 nitrogen and oxygen atoms in total. The minimum Gasteiger partial charge on any atom is -0.395 e. The van der Waals surface area contributed by atoms with E-state index >= 15 is 0 Å². The molecule has 3 aromatic rings. The van der Waals surface area contributed by atoms with Crippen molar-refractivity contribution in [1.29, 1.82) is 0 Å². The Morgan fingerprint density at radius 3 is 2.81 bits per heavy atom. The number of carbonyl (C=O) groups excluding carboxylic acids is 1. The number of fused-ring (bicyclic) bond motifs is 2. The molecule has 140 valence electrons. The molecule has 0 fully saturated rings. The van der Waals surface area contributed by atoms with Crippen LogP contribution in [0.2, 0.25) is 0 Å². The van der Waals surface area contributed by atoms with Crippen molar-refractivity contribution >= 4 is 29.1 Å². The summed E-state index contributed by atoms with van der Waals surface area (Å²) in [5.41, 5.74) is 2.05. The van der Waals surface area contributed by atoms with Crippen LogP contribution in [0.4, 0.5) is 14.5 Å². The highest BCUT2D eigenvalue weighted by atomic mass is 32.2. The quantitative estimate of drug-likeness (QED) is 0.682. The zero-order chi connectivity index (χ0) is 19.2. The summed E-state index contributed by atoms with van der Waals surface area (Å²) in [5, 5.41) is 11.2. The number of benzene rings is 1. The van der Waals surface area contributed by atoms with E-state index in [9.17, 15) is 13.6 Å².